The van der Waals surface area contributed by atoms with E-state index in [-0.39, 0.29) is 57.2 Å². The number of fused-ring (bicyclic) bond motifs is 2. The molecule has 3 saturated carbocycles. The summed E-state index contributed by atoms with van der Waals surface area (Å²) >= 11 is 0. The fourth-order valence-corrected chi connectivity index (χ4v) is 9.99. The zero-order valence-electron chi connectivity index (χ0n) is 24.1. The molecule has 0 aromatic rings. The molecule has 4 heteroatoms. The Morgan fingerprint density at radius 3 is 2.25 bits per heavy atom. The Morgan fingerprint density at radius 2 is 1.67 bits per heavy atom. The third-order valence-electron chi connectivity index (χ3n) is 12.5. The van der Waals surface area contributed by atoms with Gasteiger partial charge in [0.15, 0.2) is 5.78 Å². The van der Waals surface area contributed by atoms with Gasteiger partial charge in [0.2, 0.25) is 0 Å². The molecule has 0 heterocycles. The molecule has 4 aliphatic carbocycles. The van der Waals surface area contributed by atoms with E-state index < -0.39 is 5.41 Å². The van der Waals surface area contributed by atoms with Crippen LogP contribution in [0.5, 0.6) is 0 Å². The molecule has 3 fully saturated rings. The standard InChI is InChI=1S/C32H49NO3/c1-21(35)15-25-30(7)16-22(19-33)26(36)28(4,5)24(30)9-10-31(25,8)29(6)12-14-32(20-34)13-11-27(2,3)17-23(32)18-29/h16,23-25,34H,9-15,17-18,20H2,1-8H3/t23?,24?,25-,29-,30+,31-,32-/m1/s1. The van der Waals surface area contributed by atoms with Gasteiger partial charge in [0.1, 0.15) is 11.9 Å². The van der Waals surface area contributed by atoms with Crippen LogP contribution in [0.4, 0.5) is 0 Å². The summed E-state index contributed by atoms with van der Waals surface area (Å²) in [6.07, 6.45) is 11.0. The quantitative estimate of drug-likeness (QED) is 0.453. The number of nitrogens with zero attached hydrogens (tertiary/aromatic N) is 1. The summed E-state index contributed by atoms with van der Waals surface area (Å²) < 4.78 is 0. The number of ketones is 2. The molecule has 0 amide bonds. The molecule has 0 aliphatic heterocycles. The number of rotatable bonds is 4. The number of aliphatic hydroxyl groups is 1. The lowest BCUT2D eigenvalue weighted by Gasteiger charge is -2.67. The number of hydrogen-bond acceptors (Lipinski definition) is 4. The van der Waals surface area contributed by atoms with Crippen molar-refractivity contribution in [3.05, 3.63) is 11.6 Å². The van der Waals surface area contributed by atoms with Crippen LogP contribution in [0.1, 0.15) is 113 Å². The molecule has 4 nitrogen and oxygen atoms in total. The van der Waals surface area contributed by atoms with E-state index in [4.69, 9.17) is 0 Å². The molecule has 0 spiro atoms. The average molecular weight is 496 g/mol. The van der Waals surface area contributed by atoms with Crippen molar-refractivity contribution in [1.29, 1.82) is 5.26 Å². The van der Waals surface area contributed by atoms with Gasteiger partial charge in [-0.15, -0.1) is 0 Å². The SMILES string of the molecule is CC(=O)C[C@@H]1[C@@]2(C)C=C(C#N)C(=O)C(C)(C)C2CC[C@@]1(C)[C@]1(C)CC[C@@]2(CO)CCC(C)(C)CC2C1. The molecule has 0 aromatic carbocycles. The van der Waals surface area contributed by atoms with E-state index in [9.17, 15) is 20.0 Å². The number of hydrogen-bond donors (Lipinski definition) is 1. The van der Waals surface area contributed by atoms with Crippen molar-refractivity contribution in [1.82, 2.24) is 0 Å². The van der Waals surface area contributed by atoms with E-state index in [0.29, 0.717) is 17.8 Å². The van der Waals surface area contributed by atoms with Crippen LogP contribution in [0.15, 0.2) is 11.6 Å². The molecule has 0 saturated heterocycles. The molecule has 2 unspecified atom stereocenters. The van der Waals surface area contributed by atoms with Crippen LogP contribution in [-0.2, 0) is 9.59 Å². The molecule has 0 radical (unpaired) electrons. The van der Waals surface area contributed by atoms with Gasteiger partial charge in [0.25, 0.3) is 0 Å². The summed E-state index contributed by atoms with van der Waals surface area (Å²) in [5.74, 6) is 0.820. The fourth-order valence-electron chi connectivity index (χ4n) is 9.99. The highest BCUT2D eigenvalue weighted by molar-refractivity contribution is 6.04. The first-order valence-corrected chi connectivity index (χ1v) is 14.3. The number of nitriles is 1. The highest BCUT2D eigenvalue weighted by atomic mass is 16.3. The Kier molecular flexibility index (Phi) is 6.52. The van der Waals surface area contributed by atoms with Gasteiger partial charge in [0.05, 0.1) is 5.57 Å². The summed E-state index contributed by atoms with van der Waals surface area (Å²) in [5, 5.41) is 20.5. The van der Waals surface area contributed by atoms with Crippen molar-refractivity contribution in [2.75, 3.05) is 6.61 Å². The summed E-state index contributed by atoms with van der Waals surface area (Å²) in [7, 11) is 0. The van der Waals surface area contributed by atoms with E-state index in [1.807, 2.05) is 19.9 Å². The number of Topliss-reactive ketones (excluding diaryl/α,β-unsaturated/α-hetero) is 2. The van der Waals surface area contributed by atoms with Crippen molar-refractivity contribution in [3.8, 4) is 6.07 Å². The number of carbonyl (C=O) groups is 2. The molecular weight excluding hydrogens is 446 g/mol. The highest BCUT2D eigenvalue weighted by Crippen LogP contribution is 2.71. The Hall–Kier alpha value is -1.47. The molecular formula is C32H49NO3. The minimum atomic E-state index is -0.613. The monoisotopic (exact) mass is 495 g/mol. The van der Waals surface area contributed by atoms with Crippen LogP contribution in [0, 0.1) is 61.6 Å². The van der Waals surface area contributed by atoms with Crippen LogP contribution < -0.4 is 0 Å². The number of carbonyl (C=O) groups excluding carboxylic acids is 2. The Balaban J connectivity index is 1.81. The van der Waals surface area contributed by atoms with Gasteiger partial charge >= 0.3 is 0 Å². The highest BCUT2D eigenvalue weighted by Gasteiger charge is 2.66. The summed E-state index contributed by atoms with van der Waals surface area (Å²) in [5.41, 5.74) is -0.457. The minimum absolute atomic E-state index is 0.0318. The molecule has 1 N–H and O–H groups in total. The Bertz CT molecular complexity index is 1020. The van der Waals surface area contributed by atoms with Gasteiger partial charge in [-0.1, -0.05) is 54.5 Å². The summed E-state index contributed by atoms with van der Waals surface area (Å²) in [6, 6.07) is 2.22. The molecule has 0 bridgehead atoms. The smallest absolute Gasteiger partial charge is 0.178 e. The third kappa shape index (κ3) is 3.86. The largest absolute Gasteiger partial charge is 0.396 e. The molecule has 4 aliphatic rings. The van der Waals surface area contributed by atoms with E-state index in [1.165, 1.54) is 6.42 Å². The normalized spacial score (nSPS) is 45.6. The van der Waals surface area contributed by atoms with Gasteiger partial charge in [-0.3, -0.25) is 4.79 Å². The second-order valence-corrected chi connectivity index (χ2v) is 15.4. The van der Waals surface area contributed by atoms with Crippen LogP contribution in [0.2, 0.25) is 0 Å². The maximum Gasteiger partial charge on any atom is 0.178 e. The van der Waals surface area contributed by atoms with E-state index in [0.717, 1.165) is 44.9 Å². The second-order valence-electron chi connectivity index (χ2n) is 15.4. The van der Waals surface area contributed by atoms with Gasteiger partial charge in [-0.05, 0) is 103 Å². The van der Waals surface area contributed by atoms with Crippen LogP contribution in [-0.4, -0.2) is 23.3 Å². The van der Waals surface area contributed by atoms with E-state index in [2.05, 4.69) is 40.7 Å². The number of aliphatic hydroxyl groups excluding tert-OH is 1. The third-order valence-corrected chi connectivity index (χ3v) is 12.5. The van der Waals surface area contributed by atoms with Gasteiger partial charge in [-0.25, -0.2) is 0 Å². The van der Waals surface area contributed by atoms with Gasteiger partial charge in [-0.2, -0.15) is 5.26 Å². The van der Waals surface area contributed by atoms with Crippen LogP contribution in [0.25, 0.3) is 0 Å². The first kappa shape index (κ1) is 27.6. The average Bonchev–Trinajstić information content (AvgIpc) is 2.78. The molecule has 36 heavy (non-hydrogen) atoms. The zero-order valence-corrected chi connectivity index (χ0v) is 24.1. The van der Waals surface area contributed by atoms with Crippen molar-refractivity contribution >= 4 is 11.6 Å². The molecule has 4 rings (SSSR count). The maximum atomic E-state index is 13.2. The minimum Gasteiger partial charge on any atom is -0.396 e. The topological polar surface area (TPSA) is 78.2 Å². The lowest BCUT2D eigenvalue weighted by Crippen LogP contribution is -2.62. The number of allylic oxidation sites excluding steroid dienone is 2. The summed E-state index contributed by atoms with van der Waals surface area (Å²) in [4.78, 5) is 26.0. The van der Waals surface area contributed by atoms with Crippen molar-refractivity contribution in [2.24, 2.45) is 50.2 Å². The second kappa shape index (κ2) is 8.52. The predicted octanol–water partition coefficient (Wildman–Crippen LogP) is 7.06. The van der Waals surface area contributed by atoms with Crippen LogP contribution in [0.3, 0.4) is 0 Å². The predicted molar refractivity (Wildman–Crippen MR) is 143 cm³/mol. The Labute approximate surface area is 219 Å². The van der Waals surface area contributed by atoms with Crippen molar-refractivity contribution in [3.63, 3.8) is 0 Å². The Morgan fingerprint density at radius 1 is 1.03 bits per heavy atom. The lowest BCUT2D eigenvalue weighted by molar-refractivity contribution is -0.181. The molecule has 0 aromatic heterocycles. The first-order chi connectivity index (χ1) is 16.5. The molecule has 200 valence electrons. The maximum absolute atomic E-state index is 13.2. The van der Waals surface area contributed by atoms with Crippen molar-refractivity contribution < 1.29 is 14.7 Å². The molecule has 7 atom stereocenters. The van der Waals surface area contributed by atoms with Crippen molar-refractivity contribution in [2.45, 2.75) is 113 Å². The first-order valence-electron chi connectivity index (χ1n) is 14.3. The summed E-state index contributed by atoms with van der Waals surface area (Å²) in [6.45, 7) is 17.9. The van der Waals surface area contributed by atoms with Gasteiger partial charge in [0, 0.05) is 18.4 Å². The van der Waals surface area contributed by atoms with E-state index >= 15 is 0 Å². The van der Waals surface area contributed by atoms with Crippen LogP contribution >= 0.6 is 0 Å². The lowest BCUT2D eigenvalue weighted by atomic mass is 9.36. The zero-order chi connectivity index (χ0) is 26.9. The van der Waals surface area contributed by atoms with E-state index in [1.54, 1.807) is 6.92 Å². The fraction of sp³-hybridized carbons (Fsp3) is 0.844. The van der Waals surface area contributed by atoms with Gasteiger partial charge < -0.3 is 9.90 Å².